The van der Waals surface area contributed by atoms with E-state index in [4.69, 9.17) is 32.7 Å². The molecule has 0 aliphatic heterocycles. The summed E-state index contributed by atoms with van der Waals surface area (Å²) in [5, 5.41) is 4.63. The van der Waals surface area contributed by atoms with Crippen LogP contribution in [0.3, 0.4) is 0 Å². The van der Waals surface area contributed by atoms with E-state index in [1.54, 1.807) is 19.2 Å². The van der Waals surface area contributed by atoms with Crippen LogP contribution in [0.1, 0.15) is 30.0 Å². The van der Waals surface area contributed by atoms with Gasteiger partial charge in [0.1, 0.15) is 6.61 Å². The molecule has 0 aliphatic carbocycles. The zero-order valence-corrected chi connectivity index (χ0v) is 22.0. The van der Waals surface area contributed by atoms with Gasteiger partial charge in [-0.15, -0.1) is 12.4 Å². The van der Waals surface area contributed by atoms with E-state index in [-0.39, 0.29) is 12.4 Å². The molecule has 0 fully saturated rings. The average molecular weight is 560 g/mol. The summed E-state index contributed by atoms with van der Waals surface area (Å²) in [6.07, 6.45) is 2.14. The van der Waals surface area contributed by atoms with Gasteiger partial charge in [0.25, 0.3) is 0 Å². The van der Waals surface area contributed by atoms with Crippen molar-refractivity contribution in [2.45, 2.75) is 39.0 Å². The van der Waals surface area contributed by atoms with E-state index in [1.807, 2.05) is 12.1 Å². The molecular weight excluding hydrogens is 533 g/mol. The van der Waals surface area contributed by atoms with Crippen LogP contribution in [0.2, 0.25) is 10.0 Å². The molecule has 0 heterocycles. The van der Waals surface area contributed by atoms with Gasteiger partial charge in [0.2, 0.25) is 0 Å². The zero-order chi connectivity index (χ0) is 22.2. The number of hydrogen-bond acceptors (Lipinski definition) is 3. The Balaban J connectivity index is 0.00000363. The molecule has 1 N–H and O–H groups in total. The highest BCUT2D eigenvalue weighted by molar-refractivity contribution is 9.10. The van der Waals surface area contributed by atoms with Crippen LogP contribution in [-0.2, 0) is 19.6 Å². The van der Waals surface area contributed by atoms with Crippen LogP contribution in [0.25, 0.3) is 0 Å². The quantitative estimate of drug-likeness (QED) is 0.274. The van der Waals surface area contributed by atoms with E-state index >= 15 is 0 Å². The third-order valence-electron chi connectivity index (χ3n) is 5.02. The molecule has 1 atom stereocenters. The number of nitrogens with one attached hydrogen (secondary N) is 1. The fourth-order valence-corrected chi connectivity index (χ4v) is 4.15. The van der Waals surface area contributed by atoms with Crippen LogP contribution in [0.4, 0.5) is 0 Å². The fraction of sp³-hybridized carbons (Fsp3) is 0.280. The van der Waals surface area contributed by atoms with Crippen molar-refractivity contribution >= 4 is 51.5 Å². The van der Waals surface area contributed by atoms with Crippen LogP contribution in [0, 0.1) is 0 Å². The molecule has 0 saturated heterocycles. The lowest BCUT2D eigenvalue weighted by molar-refractivity contribution is 0.282. The zero-order valence-electron chi connectivity index (χ0n) is 18.0. The topological polar surface area (TPSA) is 30.5 Å². The molecule has 0 spiro atoms. The lowest BCUT2D eigenvalue weighted by Crippen LogP contribution is -2.26. The largest absolute Gasteiger partial charge is 0.493 e. The molecule has 0 saturated carbocycles. The molecule has 3 aromatic rings. The number of methoxy groups -OCH3 is 1. The summed E-state index contributed by atoms with van der Waals surface area (Å²) in [4.78, 5) is 0. The Bertz CT molecular complexity index is 1000. The third-order valence-corrected chi connectivity index (χ3v) is 6.35. The highest BCUT2D eigenvalue weighted by atomic mass is 79.9. The molecule has 0 bridgehead atoms. The van der Waals surface area contributed by atoms with E-state index in [0.29, 0.717) is 34.2 Å². The first kappa shape index (κ1) is 26.8. The van der Waals surface area contributed by atoms with E-state index in [9.17, 15) is 0 Å². The van der Waals surface area contributed by atoms with Crippen molar-refractivity contribution in [3.05, 3.63) is 91.9 Å². The van der Waals surface area contributed by atoms with Crippen molar-refractivity contribution in [3.63, 3.8) is 0 Å². The highest BCUT2D eigenvalue weighted by Crippen LogP contribution is 2.37. The minimum Gasteiger partial charge on any atom is -0.493 e. The fourth-order valence-electron chi connectivity index (χ4n) is 3.22. The maximum absolute atomic E-state index is 6.10. The van der Waals surface area contributed by atoms with Crippen LogP contribution in [0.15, 0.2) is 65.1 Å². The highest BCUT2D eigenvalue weighted by Gasteiger charge is 2.13. The smallest absolute Gasteiger partial charge is 0.175 e. The van der Waals surface area contributed by atoms with Gasteiger partial charge in [0, 0.05) is 12.6 Å². The van der Waals surface area contributed by atoms with E-state index in [0.717, 1.165) is 35.0 Å². The molecule has 3 aromatic carbocycles. The summed E-state index contributed by atoms with van der Waals surface area (Å²) in [7, 11) is 1.65. The minimum absolute atomic E-state index is 0. The van der Waals surface area contributed by atoms with Crippen molar-refractivity contribution in [2.75, 3.05) is 7.11 Å². The summed E-state index contributed by atoms with van der Waals surface area (Å²) < 4.78 is 12.4. The van der Waals surface area contributed by atoms with Crippen molar-refractivity contribution < 1.29 is 9.47 Å². The standard InChI is InChI=1S/C25H26BrCl2NO2.ClH/c1-17(8-9-18-6-4-3-5-7-18)29-15-20-12-21(26)25(24(14-20)30-2)31-16-19-10-11-22(27)23(28)13-19;/h3-7,10-14,17,29H,8-9,15-16H2,1-2H3;1H. The van der Waals surface area contributed by atoms with Gasteiger partial charge in [0.15, 0.2) is 11.5 Å². The first-order valence-corrected chi connectivity index (χ1v) is 11.7. The lowest BCUT2D eigenvalue weighted by atomic mass is 10.1. The molecule has 3 nitrogen and oxygen atoms in total. The van der Waals surface area contributed by atoms with Crippen LogP contribution >= 0.6 is 51.5 Å². The predicted octanol–water partition coefficient (Wildman–Crippen LogP) is 7.88. The second kappa shape index (κ2) is 13.3. The monoisotopic (exact) mass is 557 g/mol. The second-order valence-electron chi connectivity index (χ2n) is 7.45. The first-order valence-electron chi connectivity index (χ1n) is 10.2. The van der Waals surface area contributed by atoms with Gasteiger partial charge in [-0.25, -0.2) is 0 Å². The maximum Gasteiger partial charge on any atom is 0.175 e. The van der Waals surface area contributed by atoms with Gasteiger partial charge < -0.3 is 14.8 Å². The summed E-state index contributed by atoms with van der Waals surface area (Å²) in [5.41, 5.74) is 3.42. The molecule has 0 radical (unpaired) electrons. The van der Waals surface area contributed by atoms with Gasteiger partial charge in [0.05, 0.1) is 21.6 Å². The number of ether oxygens (including phenoxy) is 2. The number of aryl methyl sites for hydroxylation is 1. The Hall–Kier alpha value is -1.43. The molecule has 7 heteroatoms. The van der Waals surface area contributed by atoms with Gasteiger partial charge in [-0.1, -0.05) is 59.6 Å². The molecule has 32 heavy (non-hydrogen) atoms. The molecule has 3 rings (SSSR count). The first-order chi connectivity index (χ1) is 15.0. The minimum atomic E-state index is 0. The second-order valence-corrected chi connectivity index (χ2v) is 9.12. The van der Waals surface area contributed by atoms with Crippen molar-refractivity contribution in [1.29, 1.82) is 0 Å². The maximum atomic E-state index is 6.10. The predicted molar refractivity (Wildman–Crippen MR) is 140 cm³/mol. The van der Waals surface area contributed by atoms with E-state index < -0.39 is 0 Å². The Morgan fingerprint density at radius 3 is 2.38 bits per heavy atom. The van der Waals surface area contributed by atoms with E-state index in [1.165, 1.54) is 5.56 Å². The van der Waals surface area contributed by atoms with Crippen molar-refractivity contribution in [2.24, 2.45) is 0 Å². The normalized spacial score (nSPS) is 11.5. The Morgan fingerprint density at radius 1 is 0.938 bits per heavy atom. The molecule has 0 aromatic heterocycles. The SMILES string of the molecule is COc1cc(CNC(C)CCc2ccccc2)cc(Br)c1OCc1ccc(Cl)c(Cl)c1.Cl. The van der Waals surface area contributed by atoms with Crippen molar-refractivity contribution in [1.82, 2.24) is 5.32 Å². The molecule has 172 valence electrons. The number of rotatable bonds is 10. The Labute approximate surface area is 215 Å². The summed E-state index contributed by atoms with van der Waals surface area (Å²) in [6.45, 7) is 3.32. The Morgan fingerprint density at radius 2 is 1.69 bits per heavy atom. The van der Waals surface area contributed by atoms with Crippen molar-refractivity contribution in [3.8, 4) is 11.5 Å². The lowest BCUT2D eigenvalue weighted by Gasteiger charge is -2.17. The Kier molecular flexibility index (Phi) is 11.2. The molecular formula is C25H27BrCl3NO2. The number of hydrogen-bond donors (Lipinski definition) is 1. The molecule has 0 amide bonds. The number of halogens is 4. The molecule has 1 unspecified atom stereocenters. The van der Waals surface area contributed by atoms with Crippen LogP contribution < -0.4 is 14.8 Å². The van der Waals surface area contributed by atoms with Crippen LogP contribution in [0.5, 0.6) is 11.5 Å². The average Bonchev–Trinajstić information content (AvgIpc) is 2.78. The van der Waals surface area contributed by atoms with Gasteiger partial charge in [-0.3, -0.25) is 0 Å². The summed E-state index contributed by atoms with van der Waals surface area (Å²) in [5.74, 6) is 1.35. The number of benzene rings is 3. The summed E-state index contributed by atoms with van der Waals surface area (Å²) in [6, 6.07) is 20.5. The van der Waals surface area contributed by atoms with Gasteiger partial charge >= 0.3 is 0 Å². The van der Waals surface area contributed by atoms with E-state index in [2.05, 4.69) is 64.6 Å². The van der Waals surface area contributed by atoms with Gasteiger partial charge in [-0.05, 0) is 76.7 Å². The molecule has 0 aliphatic rings. The third kappa shape index (κ3) is 7.86. The van der Waals surface area contributed by atoms with Gasteiger partial charge in [-0.2, -0.15) is 0 Å². The van der Waals surface area contributed by atoms with Crippen LogP contribution in [-0.4, -0.2) is 13.2 Å². The summed E-state index contributed by atoms with van der Waals surface area (Å²) >= 11 is 15.7.